The van der Waals surface area contributed by atoms with E-state index in [4.69, 9.17) is 22.1 Å². The van der Waals surface area contributed by atoms with Crippen molar-refractivity contribution in [2.75, 3.05) is 0 Å². The molecule has 0 aliphatic carbocycles. The van der Waals surface area contributed by atoms with Crippen molar-refractivity contribution in [1.82, 2.24) is 0 Å². The molecular weight excluding hydrogens is 338 g/mol. The van der Waals surface area contributed by atoms with Crippen molar-refractivity contribution >= 4 is 27.5 Å². The quantitative estimate of drug-likeness (QED) is 0.823. The molecule has 0 saturated heterocycles. The van der Waals surface area contributed by atoms with E-state index in [9.17, 15) is 0 Å². The van der Waals surface area contributed by atoms with Gasteiger partial charge in [-0.15, -0.1) is 0 Å². The first-order chi connectivity index (χ1) is 9.60. The van der Waals surface area contributed by atoms with Crippen molar-refractivity contribution < 1.29 is 4.74 Å². The molecule has 106 valence electrons. The summed E-state index contributed by atoms with van der Waals surface area (Å²) < 4.78 is 7.06. The summed E-state index contributed by atoms with van der Waals surface area (Å²) in [4.78, 5) is 0. The van der Waals surface area contributed by atoms with Gasteiger partial charge in [0.25, 0.3) is 0 Å². The fourth-order valence-electron chi connectivity index (χ4n) is 1.96. The van der Waals surface area contributed by atoms with Crippen LogP contribution in [0.2, 0.25) is 5.02 Å². The highest BCUT2D eigenvalue weighted by Crippen LogP contribution is 2.28. The van der Waals surface area contributed by atoms with Crippen molar-refractivity contribution in [3.05, 3.63) is 63.6 Å². The number of nitrogens with two attached hydrogens (primary N) is 1. The normalized spacial score (nSPS) is 13.8. The van der Waals surface area contributed by atoms with Gasteiger partial charge in [0.15, 0.2) is 0 Å². The van der Waals surface area contributed by atoms with Crippen LogP contribution in [0.25, 0.3) is 0 Å². The number of hydrogen-bond donors (Lipinski definition) is 1. The van der Waals surface area contributed by atoms with Gasteiger partial charge in [0.2, 0.25) is 0 Å². The molecule has 0 fully saturated rings. The topological polar surface area (TPSA) is 35.2 Å². The maximum absolute atomic E-state index is 6.20. The second-order valence-electron chi connectivity index (χ2n) is 4.62. The van der Waals surface area contributed by atoms with Crippen molar-refractivity contribution in [3.63, 3.8) is 0 Å². The Balaban J connectivity index is 2.26. The van der Waals surface area contributed by atoms with E-state index in [0.29, 0.717) is 5.02 Å². The molecule has 0 saturated carbocycles. The van der Waals surface area contributed by atoms with E-state index in [-0.39, 0.29) is 12.1 Å². The number of halogens is 2. The highest BCUT2D eigenvalue weighted by atomic mass is 79.9. The summed E-state index contributed by atoms with van der Waals surface area (Å²) in [6, 6.07) is 15.3. The largest absolute Gasteiger partial charge is 0.484 e. The van der Waals surface area contributed by atoms with Crippen molar-refractivity contribution in [3.8, 4) is 5.75 Å². The van der Waals surface area contributed by atoms with Gasteiger partial charge < -0.3 is 10.5 Å². The molecule has 0 amide bonds. The highest BCUT2D eigenvalue weighted by molar-refractivity contribution is 9.10. The predicted molar refractivity (Wildman–Crippen MR) is 87.2 cm³/mol. The maximum atomic E-state index is 6.20. The predicted octanol–water partition coefficient (Wildman–Crippen LogP) is 4.96. The number of ether oxygens (including phenoxy) is 1. The van der Waals surface area contributed by atoms with Crippen LogP contribution in [0.4, 0.5) is 0 Å². The molecule has 0 spiro atoms. The van der Waals surface area contributed by atoms with Gasteiger partial charge >= 0.3 is 0 Å². The molecule has 0 aromatic heterocycles. The standard InChI is InChI=1S/C16H17BrClNO/c1-2-15(19)16(11-6-8-13(18)9-7-11)20-14-5-3-4-12(17)10-14/h3-10,15-16H,2,19H2,1H3. The number of hydrogen-bond acceptors (Lipinski definition) is 2. The molecular formula is C16H17BrClNO. The molecule has 2 unspecified atom stereocenters. The zero-order chi connectivity index (χ0) is 14.5. The van der Waals surface area contributed by atoms with E-state index >= 15 is 0 Å². The zero-order valence-corrected chi connectivity index (χ0v) is 13.6. The molecule has 4 heteroatoms. The van der Waals surface area contributed by atoms with Gasteiger partial charge in [0.1, 0.15) is 11.9 Å². The maximum Gasteiger partial charge on any atom is 0.139 e. The molecule has 20 heavy (non-hydrogen) atoms. The van der Waals surface area contributed by atoms with Crippen LogP contribution in [0.1, 0.15) is 25.0 Å². The summed E-state index contributed by atoms with van der Waals surface area (Å²) in [7, 11) is 0. The average molecular weight is 355 g/mol. The van der Waals surface area contributed by atoms with Crippen LogP contribution in [0.5, 0.6) is 5.75 Å². The summed E-state index contributed by atoms with van der Waals surface area (Å²) in [6.45, 7) is 2.05. The number of benzene rings is 2. The van der Waals surface area contributed by atoms with Gasteiger partial charge in [0.05, 0.1) is 0 Å². The van der Waals surface area contributed by atoms with Gasteiger partial charge in [-0.2, -0.15) is 0 Å². The first-order valence-corrected chi connectivity index (χ1v) is 7.70. The lowest BCUT2D eigenvalue weighted by Crippen LogP contribution is -2.31. The molecule has 2 aromatic carbocycles. The fraction of sp³-hybridized carbons (Fsp3) is 0.250. The monoisotopic (exact) mass is 353 g/mol. The Hall–Kier alpha value is -1.03. The molecule has 0 aliphatic rings. The minimum absolute atomic E-state index is 0.0739. The van der Waals surface area contributed by atoms with Crippen LogP contribution >= 0.6 is 27.5 Å². The molecule has 2 atom stereocenters. The SMILES string of the molecule is CCC(N)C(Oc1cccc(Br)c1)c1ccc(Cl)cc1. The third kappa shape index (κ3) is 3.98. The minimum atomic E-state index is -0.188. The fourth-order valence-corrected chi connectivity index (χ4v) is 2.46. The Bertz CT molecular complexity index is 559. The van der Waals surface area contributed by atoms with Gasteiger partial charge in [-0.25, -0.2) is 0 Å². The van der Waals surface area contributed by atoms with Gasteiger partial charge in [-0.05, 0) is 42.3 Å². The van der Waals surface area contributed by atoms with E-state index in [1.54, 1.807) is 0 Å². The molecule has 0 bridgehead atoms. The first kappa shape index (κ1) is 15.4. The van der Waals surface area contributed by atoms with E-state index in [1.807, 2.05) is 48.5 Å². The Morgan fingerprint density at radius 2 is 1.90 bits per heavy atom. The number of rotatable bonds is 5. The second-order valence-corrected chi connectivity index (χ2v) is 5.97. The second kappa shape index (κ2) is 7.11. The summed E-state index contributed by atoms with van der Waals surface area (Å²) in [5, 5.41) is 0.708. The van der Waals surface area contributed by atoms with Crippen LogP contribution in [0, 0.1) is 0 Å². The molecule has 2 rings (SSSR count). The summed E-state index contributed by atoms with van der Waals surface area (Å²) >= 11 is 9.38. The van der Waals surface area contributed by atoms with Crippen molar-refractivity contribution in [2.24, 2.45) is 5.73 Å². The lowest BCUT2D eigenvalue weighted by Gasteiger charge is -2.25. The van der Waals surface area contributed by atoms with E-state index in [0.717, 1.165) is 22.2 Å². The Morgan fingerprint density at radius 1 is 1.20 bits per heavy atom. The highest BCUT2D eigenvalue weighted by Gasteiger charge is 2.20. The lowest BCUT2D eigenvalue weighted by molar-refractivity contribution is 0.171. The van der Waals surface area contributed by atoms with E-state index < -0.39 is 0 Å². The minimum Gasteiger partial charge on any atom is -0.484 e. The van der Waals surface area contributed by atoms with Gasteiger partial charge in [0, 0.05) is 15.5 Å². The van der Waals surface area contributed by atoms with Gasteiger partial charge in [-0.1, -0.05) is 52.7 Å². The lowest BCUT2D eigenvalue weighted by atomic mass is 10.0. The van der Waals surface area contributed by atoms with Crippen molar-refractivity contribution in [1.29, 1.82) is 0 Å². The van der Waals surface area contributed by atoms with Crippen molar-refractivity contribution in [2.45, 2.75) is 25.5 Å². The summed E-state index contributed by atoms with van der Waals surface area (Å²) in [5.74, 6) is 0.795. The molecule has 2 nitrogen and oxygen atoms in total. The molecule has 2 aromatic rings. The summed E-state index contributed by atoms with van der Waals surface area (Å²) in [6.07, 6.45) is 0.646. The van der Waals surface area contributed by atoms with Crippen LogP contribution in [-0.2, 0) is 0 Å². The van der Waals surface area contributed by atoms with Crippen LogP contribution < -0.4 is 10.5 Å². The smallest absolute Gasteiger partial charge is 0.139 e. The van der Waals surface area contributed by atoms with E-state index in [2.05, 4.69) is 22.9 Å². The Labute approximate surface area is 133 Å². The molecule has 0 heterocycles. The van der Waals surface area contributed by atoms with E-state index in [1.165, 1.54) is 0 Å². The summed E-state index contributed by atoms with van der Waals surface area (Å²) in [5.41, 5.74) is 7.23. The Morgan fingerprint density at radius 3 is 2.50 bits per heavy atom. The Kier molecular flexibility index (Phi) is 5.46. The molecule has 0 aliphatic heterocycles. The third-order valence-corrected chi connectivity index (χ3v) is 3.86. The molecule has 0 radical (unpaired) electrons. The van der Waals surface area contributed by atoms with Crippen LogP contribution in [-0.4, -0.2) is 6.04 Å². The van der Waals surface area contributed by atoms with Crippen LogP contribution in [0.15, 0.2) is 53.0 Å². The van der Waals surface area contributed by atoms with Crippen LogP contribution in [0.3, 0.4) is 0 Å². The molecule has 2 N–H and O–H groups in total. The average Bonchev–Trinajstić information content (AvgIpc) is 2.45. The van der Waals surface area contributed by atoms with Gasteiger partial charge in [-0.3, -0.25) is 0 Å². The third-order valence-electron chi connectivity index (χ3n) is 3.12. The first-order valence-electron chi connectivity index (χ1n) is 6.53. The zero-order valence-electron chi connectivity index (χ0n) is 11.2.